The molecule has 0 aromatic heterocycles. The molecule has 0 heterocycles. The van der Waals surface area contributed by atoms with Gasteiger partial charge in [0, 0.05) is 22.9 Å². The molecule has 1 aromatic carbocycles. The summed E-state index contributed by atoms with van der Waals surface area (Å²) in [6, 6.07) is 4.35. The number of amides is 1. The Morgan fingerprint density at radius 1 is 1.35 bits per heavy atom. The second-order valence-electron chi connectivity index (χ2n) is 5.86. The first-order valence-corrected chi connectivity index (χ1v) is 6.44. The van der Waals surface area contributed by atoms with Gasteiger partial charge in [-0.25, -0.2) is 0 Å². The normalized spacial score (nSPS) is 12.7. The minimum absolute atomic E-state index is 0.0402. The summed E-state index contributed by atoms with van der Waals surface area (Å²) in [5.41, 5.74) is 0.872. The van der Waals surface area contributed by atoms with E-state index < -0.39 is 11.0 Å². The molecule has 2 N–H and O–H groups in total. The quantitative estimate of drug-likeness (QED) is 0.655. The molecule has 0 bridgehead atoms. The topological polar surface area (TPSA) is 84.3 Å². The van der Waals surface area contributed by atoms with E-state index in [-0.39, 0.29) is 17.1 Å². The molecule has 1 unspecified atom stereocenters. The van der Waals surface area contributed by atoms with Crippen LogP contribution in [-0.4, -0.2) is 22.4 Å². The van der Waals surface area contributed by atoms with E-state index in [1.165, 1.54) is 6.07 Å². The lowest BCUT2D eigenvalue weighted by Gasteiger charge is -2.24. The van der Waals surface area contributed by atoms with E-state index in [0.717, 1.165) is 0 Å². The van der Waals surface area contributed by atoms with Gasteiger partial charge >= 0.3 is 0 Å². The minimum atomic E-state index is -0.475. The molecule has 1 amide bonds. The lowest BCUT2D eigenvalue weighted by molar-refractivity contribution is -0.385. The van der Waals surface area contributed by atoms with Gasteiger partial charge in [0.05, 0.1) is 4.92 Å². The van der Waals surface area contributed by atoms with Crippen LogP contribution in [0, 0.1) is 17.0 Å². The van der Waals surface area contributed by atoms with Crippen LogP contribution >= 0.6 is 0 Å². The predicted octanol–water partition coefficient (Wildman–Crippen LogP) is 2.62. The summed E-state index contributed by atoms with van der Waals surface area (Å²) in [7, 11) is 0. The Labute approximate surface area is 118 Å². The van der Waals surface area contributed by atoms with E-state index in [9.17, 15) is 14.9 Å². The van der Waals surface area contributed by atoms with Gasteiger partial charge in [0.1, 0.15) is 6.04 Å². The van der Waals surface area contributed by atoms with E-state index >= 15 is 0 Å². The molecule has 0 aliphatic rings. The number of nitro benzene ring substituents is 1. The zero-order chi connectivity index (χ0) is 15.5. The molecule has 6 nitrogen and oxygen atoms in total. The fraction of sp³-hybridized carbons (Fsp3) is 0.500. The summed E-state index contributed by atoms with van der Waals surface area (Å²) in [6.45, 7) is 9.08. The summed E-state index contributed by atoms with van der Waals surface area (Å²) in [4.78, 5) is 22.4. The van der Waals surface area contributed by atoms with Gasteiger partial charge in [-0.05, 0) is 40.7 Å². The van der Waals surface area contributed by atoms with Crippen molar-refractivity contribution >= 4 is 17.3 Å². The van der Waals surface area contributed by atoms with Crippen LogP contribution in [0.15, 0.2) is 18.2 Å². The summed E-state index contributed by atoms with van der Waals surface area (Å²) in [5.74, 6) is -0.152. The van der Waals surface area contributed by atoms with Crippen LogP contribution in [0.2, 0.25) is 0 Å². The molecule has 0 saturated heterocycles. The van der Waals surface area contributed by atoms with Crippen molar-refractivity contribution < 1.29 is 9.72 Å². The number of nitrogens with one attached hydrogen (secondary N) is 2. The number of hydrogen-bond acceptors (Lipinski definition) is 4. The van der Waals surface area contributed by atoms with Crippen molar-refractivity contribution in [1.82, 2.24) is 5.32 Å². The smallest absolute Gasteiger partial charge is 0.274 e. The largest absolute Gasteiger partial charge is 0.374 e. The number of nitro groups is 1. The van der Waals surface area contributed by atoms with Crippen LogP contribution in [0.1, 0.15) is 33.3 Å². The Hall–Kier alpha value is -2.11. The van der Waals surface area contributed by atoms with Crippen molar-refractivity contribution in [2.45, 2.75) is 46.2 Å². The number of hydrogen-bond donors (Lipinski definition) is 2. The number of rotatable bonds is 4. The van der Waals surface area contributed by atoms with Gasteiger partial charge in [-0.15, -0.1) is 0 Å². The lowest BCUT2D eigenvalue weighted by Crippen LogP contribution is -2.47. The molecule has 0 radical (unpaired) electrons. The van der Waals surface area contributed by atoms with Gasteiger partial charge in [0.25, 0.3) is 5.69 Å². The summed E-state index contributed by atoms with van der Waals surface area (Å²) >= 11 is 0. The van der Waals surface area contributed by atoms with Crippen LogP contribution in [0.5, 0.6) is 0 Å². The van der Waals surface area contributed by atoms with E-state index in [4.69, 9.17) is 0 Å². The Morgan fingerprint density at radius 3 is 2.45 bits per heavy atom. The maximum absolute atomic E-state index is 11.9. The Balaban J connectivity index is 2.81. The first-order chi connectivity index (χ1) is 9.10. The average molecular weight is 279 g/mol. The summed E-state index contributed by atoms with van der Waals surface area (Å²) in [6.07, 6.45) is 0. The van der Waals surface area contributed by atoms with Gasteiger partial charge in [-0.3, -0.25) is 14.9 Å². The third kappa shape index (κ3) is 4.53. The molecule has 1 aromatic rings. The average Bonchev–Trinajstić information content (AvgIpc) is 2.28. The van der Waals surface area contributed by atoms with E-state index in [2.05, 4.69) is 10.6 Å². The first-order valence-electron chi connectivity index (χ1n) is 6.44. The van der Waals surface area contributed by atoms with Gasteiger partial charge in [0.15, 0.2) is 0 Å². The fourth-order valence-electron chi connectivity index (χ4n) is 1.69. The molecular formula is C14H21N3O3. The maximum Gasteiger partial charge on any atom is 0.274 e. The standard InChI is InChI=1S/C14H21N3O3/c1-9-6-7-11(8-12(9)17(19)20)15-10(2)13(18)16-14(3,4)5/h6-8,10,15H,1-5H3,(H,16,18). The van der Waals surface area contributed by atoms with Crippen molar-refractivity contribution in [2.24, 2.45) is 0 Å². The summed E-state index contributed by atoms with van der Waals surface area (Å²) in [5, 5.41) is 16.7. The number of carbonyl (C=O) groups excluding carboxylic acids is 1. The first kappa shape index (κ1) is 15.9. The van der Waals surface area contributed by atoms with Crippen molar-refractivity contribution in [3.05, 3.63) is 33.9 Å². The van der Waals surface area contributed by atoms with Gasteiger partial charge < -0.3 is 10.6 Å². The van der Waals surface area contributed by atoms with Crippen LogP contribution in [0.25, 0.3) is 0 Å². The highest BCUT2D eigenvalue weighted by molar-refractivity contribution is 5.84. The highest BCUT2D eigenvalue weighted by Gasteiger charge is 2.20. The number of aryl methyl sites for hydroxylation is 1. The van der Waals surface area contributed by atoms with Crippen molar-refractivity contribution in [3.8, 4) is 0 Å². The number of carbonyl (C=O) groups is 1. The molecule has 1 atom stereocenters. The van der Waals surface area contributed by atoms with Crippen molar-refractivity contribution in [1.29, 1.82) is 0 Å². The minimum Gasteiger partial charge on any atom is -0.374 e. The monoisotopic (exact) mass is 279 g/mol. The molecule has 20 heavy (non-hydrogen) atoms. The number of anilines is 1. The van der Waals surface area contributed by atoms with Crippen molar-refractivity contribution in [3.63, 3.8) is 0 Å². The molecule has 0 fully saturated rings. The van der Waals surface area contributed by atoms with Crippen LogP contribution in [-0.2, 0) is 4.79 Å². The number of benzene rings is 1. The molecule has 0 spiro atoms. The van der Waals surface area contributed by atoms with Gasteiger partial charge in [-0.2, -0.15) is 0 Å². The third-order valence-electron chi connectivity index (χ3n) is 2.68. The van der Waals surface area contributed by atoms with E-state index in [1.54, 1.807) is 26.0 Å². The second kappa shape index (κ2) is 5.90. The number of nitrogens with zero attached hydrogens (tertiary/aromatic N) is 1. The summed E-state index contributed by atoms with van der Waals surface area (Å²) < 4.78 is 0. The SMILES string of the molecule is Cc1ccc(NC(C)C(=O)NC(C)(C)C)cc1[N+](=O)[O-]. The van der Waals surface area contributed by atoms with Crippen LogP contribution < -0.4 is 10.6 Å². The molecule has 0 aliphatic carbocycles. The third-order valence-corrected chi connectivity index (χ3v) is 2.68. The Bertz CT molecular complexity index is 521. The molecule has 0 aliphatic heterocycles. The van der Waals surface area contributed by atoms with E-state index in [1.807, 2.05) is 20.8 Å². The van der Waals surface area contributed by atoms with Crippen molar-refractivity contribution in [2.75, 3.05) is 5.32 Å². The zero-order valence-electron chi connectivity index (χ0n) is 12.5. The van der Waals surface area contributed by atoms with Gasteiger partial charge in [-0.1, -0.05) is 6.07 Å². The molecule has 6 heteroatoms. The maximum atomic E-state index is 11.9. The molecular weight excluding hydrogens is 258 g/mol. The molecule has 0 saturated carbocycles. The Kier molecular flexibility index (Phi) is 4.70. The highest BCUT2D eigenvalue weighted by Crippen LogP contribution is 2.22. The Morgan fingerprint density at radius 2 is 1.95 bits per heavy atom. The molecule has 1 rings (SSSR count). The lowest BCUT2D eigenvalue weighted by atomic mass is 10.1. The van der Waals surface area contributed by atoms with Crippen LogP contribution in [0.4, 0.5) is 11.4 Å². The van der Waals surface area contributed by atoms with E-state index in [0.29, 0.717) is 11.3 Å². The second-order valence-corrected chi connectivity index (χ2v) is 5.86. The predicted molar refractivity (Wildman–Crippen MR) is 78.8 cm³/mol. The molecule has 110 valence electrons. The van der Waals surface area contributed by atoms with Gasteiger partial charge in [0.2, 0.25) is 5.91 Å². The van der Waals surface area contributed by atoms with Crippen LogP contribution in [0.3, 0.4) is 0 Å². The fourth-order valence-corrected chi connectivity index (χ4v) is 1.69. The zero-order valence-corrected chi connectivity index (χ0v) is 12.5. The highest BCUT2D eigenvalue weighted by atomic mass is 16.6.